The van der Waals surface area contributed by atoms with Crippen LogP contribution >= 0.6 is 0 Å². The summed E-state index contributed by atoms with van der Waals surface area (Å²) in [4.78, 5) is 22.8. The molecule has 0 aliphatic carbocycles. The molecule has 0 spiro atoms. The molecule has 0 saturated carbocycles. The Labute approximate surface area is 87.2 Å². The lowest BCUT2D eigenvalue weighted by Gasteiger charge is -2.22. The Bertz CT molecular complexity index is 414. The van der Waals surface area contributed by atoms with Crippen LogP contribution in [0.3, 0.4) is 0 Å². The first kappa shape index (κ1) is 9.71. The van der Waals surface area contributed by atoms with E-state index in [1.807, 2.05) is 12.1 Å². The van der Waals surface area contributed by atoms with Gasteiger partial charge in [-0.15, -0.1) is 0 Å². The van der Waals surface area contributed by atoms with Crippen molar-refractivity contribution in [1.82, 2.24) is 5.32 Å². The molecule has 0 fully saturated rings. The van der Waals surface area contributed by atoms with Crippen LogP contribution in [-0.2, 0) is 16.0 Å². The van der Waals surface area contributed by atoms with Gasteiger partial charge in [-0.25, -0.2) is 4.79 Å². The van der Waals surface area contributed by atoms with E-state index in [4.69, 9.17) is 4.74 Å². The fraction of sp³-hybridized carbons (Fsp3) is 0.273. The number of fused-ring (bicyclic) bond motifs is 1. The third-order valence-electron chi connectivity index (χ3n) is 2.43. The van der Waals surface area contributed by atoms with Crippen molar-refractivity contribution in [2.75, 3.05) is 7.05 Å². The van der Waals surface area contributed by atoms with Crippen LogP contribution in [0.5, 0.6) is 0 Å². The quantitative estimate of drug-likeness (QED) is 0.680. The van der Waals surface area contributed by atoms with Crippen molar-refractivity contribution in [3.05, 3.63) is 35.4 Å². The summed E-state index contributed by atoms with van der Waals surface area (Å²) in [6, 6.07) is 7.17. The van der Waals surface area contributed by atoms with Crippen LogP contribution in [-0.4, -0.2) is 25.0 Å². The molecule has 1 unspecified atom stereocenters. The minimum Gasteiger partial charge on any atom is -0.448 e. The molecule has 4 heteroatoms. The number of esters is 1. The molecule has 1 heterocycles. The average molecular weight is 205 g/mol. The summed E-state index contributed by atoms with van der Waals surface area (Å²) >= 11 is 0. The van der Waals surface area contributed by atoms with Gasteiger partial charge in [-0.1, -0.05) is 18.2 Å². The Kier molecular flexibility index (Phi) is 2.41. The standard InChI is InChI=1S/C11H11NO3/c1-12-10(13)9-6-7-4-2-3-5-8(7)11(14)15-9/h2-5,9H,6H2,1H3,(H,12,13). The Hall–Kier alpha value is -1.84. The van der Waals surface area contributed by atoms with Crippen molar-refractivity contribution in [1.29, 1.82) is 0 Å². The van der Waals surface area contributed by atoms with Crippen LogP contribution in [0, 0.1) is 0 Å². The van der Waals surface area contributed by atoms with Gasteiger partial charge in [0.2, 0.25) is 0 Å². The molecule has 0 radical (unpaired) electrons. The van der Waals surface area contributed by atoms with E-state index in [9.17, 15) is 9.59 Å². The first-order valence-corrected chi connectivity index (χ1v) is 4.73. The van der Waals surface area contributed by atoms with Crippen LogP contribution in [0.1, 0.15) is 15.9 Å². The SMILES string of the molecule is CNC(=O)C1Cc2ccccc2C(=O)O1. The van der Waals surface area contributed by atoms with Crippen molar-refractivity contribution < 1.29 is 14.3 Å². The normalized spacial score (nSPS) is 19.0. The van der Waals surface area contributed by atoms with Crippen molar-refractivity contribution in [2.24, 2.45) is 0 Å². The molecule has 4 nitrogen and oxygen atoms in total. The summed E-state index contributed by atoms with van der Waals surface area (Å²) in [7, 11) is 1.52. The smallest absolute Gasteiger partial charge is 0.339 e. The predicted octanol–water partition coefficient (Wildman–Crippen LogP) is 0.514. The first-order valence-electron chi connectivity index (χ1n) is 4.73. The van der Waals surface area contributed by atoms with Gasteiger partial charge in [0, 0.05) is 13.5 Å². The maximum atomic E-state index is 11.5. The van der Waals surface area contributed by atoms with Gasteiger partial charge in [-0.2, -0.15) is 0 Å². The third-order valence-corrected chi connectivity index (χ3v) is 2.43. The van der Waals surface area contributed by atoms with E-state index < -0.39 is 12.1 Å². The maximum absolute atomic E-state index is 11.5. The molecular weight excluding hydrogens is 194 g/mol. The zero-order valence-corrected chi connectivity index (χ0v) is 8.32. The van der Waals surface area contributed by atoms with Gasteiger partial charge >= 0.3 is 5.97 Å². The molecule has 1 aromatic carbocycles. The summed E-state index contributed by atoms with van der Waals surface area (Å²) in [5, 5.41) is 2.47. The number of amides is 1. The van der Waals surface area contributed by atoms with Crippen LogP contribution < -0.4 is 5.32 Å². The van der Waals surface area contributed by atoms with Gasteiger partial charge in [0.15, 0.2) is 6.10 Å². The molecule has 1 atom stereocenters. The lowest BCUT2D eigenvalue weighted by atomic mass is 9.98. The van der Waals surface area contributed by atoms with E-state index in [-0.39, 0.29) is 5.91 Å². The summed E-state index contributed by atoms with van der Waals surface area (Å²) in [5.41, 5.74) is 1.42. The molecule has 0 aromatic heterocycles. The van der Waals surface area contributed by atoms with Crippen LogP contribution in [0.2, 0.25) is 0 Å². The van der Waals surface area contributed by atoms with E-state index in [1.54, 1.807) is 12.1 Å². The Morgan fingerprint density at radius 3 is 2.93 bits per heavy atom. The van der Waals surface area contributed by atoms with Gasteiger partial charge in [0.05, 0.1) is 5.56 Å². The number of cyclic esters (lactones) is 1. The second-order valence-corrected chi connectivity index (χ2v) is 3.37. The highest BCUT2D eigenvalue weighted by molar-refractivity contribution is 5.95. The van der Waals surface area contributed by atoms with E-state index in [1.165, 1.54) is 7.05 Å². The van der Waals surface area contributed by atoms with Crippen molar-refractivity contribution in [3.63, 3.8) is 0 Å². The fourth-order valence-corrected chi connectivity index (χ4v) is 1.64. The second kappa shape index (κ2) is 3.73. The minimum atomic E-state index is -0.697. The molecule has 1 N–H and O–H groups in total. The lowest BCUT2D eigenvalue weighted by molar-refractivity contribution is -0.129. The number of carbonyl (C=O) groups is 2. The predicted molar refractivity (Wildman–Crippen MR) is 53.4 cm³/mol. The minimum absolute atomic E-state index is 0.266. The second-order valence-electron chi connectivity index (χ2n) is 3.37. The molecule has 2 rings (SSSR count). The van der Waals surface area contributed by atoms with Gasteiger partial charge in [0.25, 0.3) is 5.91 Å². The van der Waals surface area contributed by atoms with Gasteiger partial charge in [0.1, 0.15) is 0 Å². The zero-order valence-electron chi connectivity index (χ0n) is 8.32. The van der Waals surface area contributed by atoms with E-state index in [2.05, 4.69) is 5.32 Å². The molecule has 78 valence electrons. The van der Waals surface area contributed by atoms with Crippen LogP contribution in [0.15, 0.2) is 24.3 Å². The number of carbonyl (C=O) groups excluding carboxylic acids is 2. The topological polar surface area (TPSA) is 55.4 Å². The van der Waals surface area contributed by atoms with Crippen LogP contribution in [0.4, 0.5) is 0 Å². The van der Waals surface area contributed by atoms with Gasteiger partial charge in [-0.05, 0) is 11.6 Å². The monoisotopic (exact) mass is 205 g/mol. The highest BCUT2D eigenvalue weighted by atomic mass is 16.5. The molecule has 1 aliphatic rings. The fourth-order valence-electron chi connectivity index (χ4n) is 1.64. The highest BCUT2D eigenvalue weighted by Crippen LogP contribution is 2.20. The van der Waals surface area contributed by atoms with Gasteiger partial charge < -0.3 is 10.1 Å². The Morgan fingerprint density at radius 1 is 1.47 bits per heavy atom. The van der Waals surface area contributed by atoms with Gasteiger partial charge in [-0.3, -0.25) is 4.79 Å². The lowest BCUT2D eigenvalue weighted by Crippen LogP contribution is -2.40. The summed E-state index contributed by atoms with van der Waals surface area (Å²) < 4.78 is 5.01. The number of rotatable bonds is 1. The molecule has 1 aromatic rings. The number of ether oxygens (including phenoxy) is 1. The largest absolute Gasteiger partial charge is 0.448 e. The zero-order chi connectivity index (χ0) is 10.8. The number of hydrogen-bond donors (Lipinski definition) is 1. The average Bonchev–Trinajstić information content (AvgIpc) is 2.28. The first-order chi connectivity index (χ1) is 7.22. The number of hydrogen-bond acceptors (Lipinski definition) is 3. The molecule has 0 saturated heterocycles. The highest BCUT2D eigenvalue weighted by Gasteiger charge is 2.30. The van der Waals surface area contributed by atoms with Crippen LogP contribution in [0.25, 0.3) is 0 Å². The van der Waals surface area contributed by atoms with Crippen molar-refractivity contribution >= 4 is 11.9 Å². The van der Waals surface area contributed by atoms with Crippen molar-refractivity contribution in [2.45, 2.75) is 12.5 Å². The third kappa shape index (κ3) is 1.70. The van der Waals surface area contributed by atoms with E-state index in [0.29, 0.717) is 12.0 Å². The van der Waals surface area contributed by atoms with E-state index in [0.717, 1.165) is 5.56 Å². The molecule has 15 heavy (non-hydrogen) atoms. The molecule has 0 bridgehead atoms. The number of benzene rings is 1. The molecular formula is C11H11NO3. The Balaban J connectivity index is 2.30. The van der Waals surface area contributed by atoms with E-state index >= 15 is 0 Å². The Morgan fingerprint density at radius 2 is 2.20 bits per heavy atom. The summed E-state index contributed by atoms with van der Waals surface area (Å²) in [6.07, 6.45) is -0.251. The summed E-state index contributed by atoms with van der Waals surface area (Å²) in [5.74, 6) is -0.691. The molecule has 1 aliphatic heterocycles. The van der Waals surface area contributed by atoms with Crippen molar-refractivity contribution in [3.8, 4) is 0 Å². The number of likely N-dealkylation sites (N-methyl/N-ethyl adjacent to an activating group) is 1. The summed E-state index contributed by atoms with van der Waals surface area (Å²) in [6.45, 7) is 0. The maximum Gasteiger partial charge on any atom is 0.339 e. The molecule has 1 amide bonds. The number of nitrogens with one attached hydrogen (secondary N) is 1.